The van der Waals surface area contributed by atoms with Crippen molar-refractivity contribution in [3.8, 4) is 11.5 Å². The summed E-state index contributed by atoms with van der Waals surface area (Å²) in [6.07, 6.45) is 1.24. The maximum Gasteiger partial charge on any atom is 0.175 e. The number of halogens is 3. The molecule has 0 atom stereocenters. The number of benzene rings is 2. The molecule has 0 bridgehead atoms. The molecular formula is C22H30BrClFNO3. The fraction of sp³-hybridized carbons (Fsp3) is 0.455. The zero-order chi connectivity index (χ0) is 20.4. The Morgan fingerprint density at radius 2 is 1.79 bits per heavy atom. The average molecular weight is 491 g/mol. The van der Waals surface area contributed by atoms with E-state index in [4.69, 9.17) is 14.2 Å². The fourth-order valence-electron chi connectivity index (χ4n) is 2.61. The van der Waals surface area contributed by atoms with E-state index >= 15 is 0 Å². The highest BCUT2D eigenvalue weighted by Gasteiger charge is 2.13. The van der Waals surface area contributed by atoms with Gasteiger partial charge in [-0.3, -0.25) is 0 Å². The Morgan fingerprint density at radius 3 is 2.45 bits per heavy atom. The van der Waals surface area contributed by atoms with Crippen LogP contribution in [0.25, 0.3) is 0 Å². The average Bonchev–Trinajstić information content (AvgIpc) is 2.65. The molecule has 0 aliphatic heterocycles. The molecule has 0 amide bonds. The lowest BCUT2D eigenvalue weighted by Crippen LogP contribution is -2.17. The summed E-state index contributed by atoms with van der Waals surface area (Å²) < 4.78 is 31.2. The monoisotopic (exact) mass is 489 g/mol. The van der Waals surface area contributed by atoms with Crippen LogP contribution in [0.1, 0.15) is 38.3 Å². The van der Waals surface area contributed by atoms with E-state index in [1.165, 1.54) is 12.1 Å². The second kappa shape index (κ2) is 13.8. The van der Waals surface area contributed by atoms with Crippen molar-refractivity contribution in [3.05, 3.63) is 57.8 Å². The van der Waals surface area contributed by atoms with E-state index in [0.717, 1.165) is 41.7 Å². The molecule has 1 N–H and O–H groups in total. The van der Waals surface area contributed by atoms with Gasteiger partial charge >= 0.3 is 0 Å². The van der Waals surface area contributed by atoms with Crippen LogP contribution in [0.2, 0.25) is 0 Å². The van der Waals surface area contributed by atoms with Crippen LogP contribution in [0.5, 0.6) is 11.5 Å². The van der Waals surface area contributed by atoms with Gasteiger partial charge in [0.1, 0.15) is 12.4 Å². The zero-order valence-electron chi connectivity index (χ0n) is 17.2. The topological polar surface area (TPSA) is 39.7 Å². The van der Waals surface area contributed by atoms with Crippen LogP contribution in [0.3, 0.4) is 0 Å². The molecule has 0 aromatic heterocycles. The molecule has 29 heavy (non-hydrogen) atoms. The van der Waals surface area contributed by atoms with Gasteiger partial charge in [0.25, 0.3) is 0 Å². The molecule has 0 fully saturated rings. The van der Waals surface area contributed by atoms with Gasteiger partial charge in [-0.2, -0.15) is 0 Å². The Hall–Kier alpha value is -1.34. The molecule has 7 heteroatoms. The first-order valence-electron chi connectivity index (χ1n) is 9.64. The molecule has 0 radical (unpaired) electrons. The van der Waals surface area contributed by atoms with E-state index in [9.17, 15) is 4.39 Å². The lowest BCUT2D eigenvalue weighted by molar-refractivity contribution is 0.0770. The lowest BCUT2D eigenvalue weighted by atomic mass is 10.2. The molecular weight excluding hydrogens is 461 g/mol. The van der Waals surface area contributed by atoms with Crippen molar-refractivity contribution >= 4 is 28.3 Å². The highest BCUT2D eigenvalue weighted by atomic mass is 79.9. The van der Waals surface area contributed by atoms with Crippen LogP contribution >= 0.6 is 28.3 Å². The van der Waals surface area contributed by atoms with Gasteiger partial charge in [-0.1, -0.05) is 12.1 Å². The standard InChI is InChI=1S/C22H29BrFNO3.ClH/c1-4-26-21-13-18(14-25-10-5-11-27-16(2)3)12-20(23)22(21)28-15-17-6-8-19(24)9-7-17;/h6-9,12-13,16,25H,4-5,10-11,14-15H2,1-3H3;1H. The van der Waals surface area contributed by atoms with E-state index in [0.29, 0.717) is 24.7 Å². The summed E-state index contributed by atoms with van der Waals surface area (Å²) in [5.41, 5.74) is 2.00. The van der Waals surface area contributed by atoms with Gasteiger partial charge in [0.05, 0.1) is 17.2 Å². The van der Waals surface area contributed by atoms with Crippen LogP contribution in [-0.2, 0) is 17.9 Å². The van der Waals surface area contributed by atoms with Gasteiger partial charge in [-0.25, -0.2) is 4.39 Å². The van der Waals surface area contributed by atoms with Gasteiger partial charge in [0, 0.05) is 13.2 Å². The van der Waals surface area contributed by atoms with E-state index in [-0.39, 0.29) is 24.3 Å². The van der Waals surface area contributed by atoms with E-state index in [1.54, 1.807) is 12.1 Å². The normalized spacial score (nSPS) is 10.7. The molecule has 2 rings (SSSR count). The van der Waals surface area contributed by atoms with E-state index in [2.05, 4.69) is 21.2 Å². The second-order valence-corrected chi connectivity index (χ2v) is 7.56. The highest BCUT2D eigenvalue weighted by molar-refractivity contribution is 9.10. The summed E-state index contributed by atoms with van der Waals surface area (Å²) in [5.74, 6) is 1.09. The molecule has 0 aliphatic rings. The second-order valence-electron chi connectivity index (χ2n) is 6.70. The number of ether oxygens (including phenoxy) is 3. The number of hydrogen-bond acceptors (Lipinski definition) is 4. The summed E-state index contributed by atoms with van der Waals surface area (Å²) >= 11 is 3.59. The quantitative estimate of drug-likeness (QED) is 0.376. The lowest BCUT2D eigenvalue weighted by Gasteiger charge is -2.16. The van der Waals surface area contributed by atoms with Crippen molar-refractivity contribution in [1.82, 2.24) is 5.32 Å². The minimum absolute atomic E-state index is 0. The zero-order valence-corrected chi connectivity index (χ0v) is 19.6. The van der Waals surface area contributed by atoms with E-state index < -0.39 is 0 Å². The van der Waals surface area contributed by atoms with Crippen LogP contribution in [-0.4, -0.2) is 25.9 Å². The molecule has 2 aromatic carbocycles. The Kier molecular flexibility index (Phi) is 12.2. The number of hydrogen-bond donors (Lipinski definition) is 1. The van der Waals surface area contributed by atoms with E-state index in [1.807, 2.05) is 32.9 Å². The van der Waals surface area contributed by atoms with Crippen LogP contribution in [0.4, 0.5) is 4.39 Å². The SMILES string of the molecule is CCOc1cc(CNCCCOC(C)C)cc(Br)c1OCc1ccc(F)cc1.Cl. The molecule has 4 nitrogen and oxygen atoms in total. The van der Waals surface area contributed by atoms with Crippen molar-refractivity contribution in [2.75, 3.05) is 19.8 Å². The summed E-state index contributed by atoms with van der Waals surface area (Å²) in [4.78, 5) is 0. The molecule has 0 unspecified atom stereocenters. The largest absolute Gasteiger partial charge is 0.490 e. The van der Waals surface area contributed by atoms with Crippen LogP contribution in [0, 0.1) is 5.82 Å². The summed E-state index contributed by atoms with van der Waals surface area (Å²) in [5, 5.41) is 3.42. The third-order valence-corrected chi connectivity index (χ3v) is 4.53. The molecule has 0 heterocycles. The summed E-state index contributed by atoms with van der Waals surface area (Å²) in [6.45, 7) is 9.29. The van der Waals surface area contributed by atoms with Crippen LogP contribution < -0.4 is 14.8 Å². The summed E-state index contributed by atoms with van der Waals surface area (Å²) in [6, 6.07) is 10.3. The molecule has 0 spiro atoms. The molecule has 0 saturated heterocycles. The third kappa shape index (κ3) is 9.34. The molecule has 2 aromatic rings. The Labute approximate surface area is 187 Å². The molecule has 0 saturated carbocycles. The van der Waals surface area contributed by atoms with Crippen molar-refractivity contribution in [2.45, 2.75) is 46.4 Å². The van der Waals surface area contributed by atoms with Crippen LogP contribution in [0.15, 0.2) is 40.9 Å². The van der Waals surface area contributed by atoms with Crippen molar-refractivity contribution in [3.63, 3.8) is 0 Å². The van der Waals surface area contributed by atoms with Crippen molar-refractivity contribution in [2.24, 2.45) is 0 Å². The van der Waals surface area contributed by atoms with Crippen molar-refractivity contribution in [1.29, 1.82) is 0 Å². The van der Waals surface area contributed by atoms with Gasteiger partial charge in [0.15, 0.2) is 11.5 Å². The maximum absolute atomic E-state index is 13.0. The van der Waals surface area contributed by atoms with Gasteiger partial charge in [-0.05, 0) is 85.1 Å². The first kappa shape index (κ1) is 25.7. The van der Waals surface area contributed by atoms with Gasteiger partial charge < -0.3 is 19.5 Å². The van der Waals surface area contributed by atoms with Gasteiger partial charge in [0.2, 0.25) is 0 Å². The fourth-order valence-corrected chi connectivity index (χ4v) is 3.22. The Balaban J connectivity index is 0.00000420. The first-order valence-corrected chi connectivity index (χ1v) is 10.4. The van der Waals surface area contributed by atoms with Gasteiger partial charge in [-0.15, -0.1) is 12.4 Å². The minimum atomic E-state index is -0.257. The molecule has 162 valence electrons. The number of nitrogens with one attached hydrogen (secondary N) is 1. The minimum Gasteiger partial charge on any atom is -0.490 e. The number of rotatable bonds is 12. The highest BCUT2D eigenvalue weighted by Crippen LogP contribution is 2.37. The predicted octanol–water partition coefficient (Wildman–Crippen LogP) is 5.89. The third-order valence-electron chi connectivity index (χ3n) is 3.94. The van der Waals surface area contributed by atoms with Crippen molar-refractivity contribution < 1.29 is 18.6 Å². The predicted molar refractivity (Wildman–Crippen MR) is 121 cm³/mol. The summed E-state index contributed by atoms with van der Waals surface area (Å²) in [7, 11) is 0. The smallest absolute Gasteiger partial charge is 0.175 e. The molecule has 0 aliphatic carbocycles. The Morgan fingerprint density at radius 1 is 1.07 bits per heavy atom. The first-order chi connectivity index (χ1) is 13.5. The Bertz CT molecular complexity index is 729. The maximum atomic E-state index is 13.0.